The second kappa shape index (κ2) is 8.69. The quantitative estimate of drug-likeness (QED) is 0.479. The molecule has 0 aliphatic rings. The molecule has 0 spiro atoms. The van der Waals surface area contributed by atoms with Crippen molar-refractivity contribution in [2.75, 3.05) is 0 Å². The Morgan fingerprint density at radius 1 is 0.929 bits per heavy atom. The number of aryl methyl sites for hydroxylation is 1. The molecule has 0 aliphatic heterocycles. The van der Waals surface area contributed by atoms with Crippen molar-refractivity contribution in [1.82, 2.24) is 18.3 Å². The van der Waals surface area contributed by atoms with Gasteiger partial charge < -0.3 is 4.57 Å². The first-order valence-corrected chi connectivity index (χ1v) is 9.14. The van der Waals surface area contributed by atoms with Crippen LogP contribution in [0.1, 0.15) is 35.1 Å². The van der Waals surface area contributed by atoms with E-state index in [1.54, 1.807) is 6.07 Å². The lowest BCUT2D eigenvalue weighted by molar-refractivity contribution is 0.0966. The maximum atomic E-state index is 12.9. The SMILES string of the molecule is C=CCn1c(=O)n(CC=C)c(=O)n(CC(=O)c2cc(C)n(CCC)c2C)c1=O. The highest BCUT2D eigenvalue weighted by molar-refractivity contribution is 5.97. The van der Waals surface area contributed by atoms with E-state index in [4.69, 9.17) is 0 Å². The molecule has 0 bridgehead atoms. The average Bonchev–Trinajstić information content (AvgIpc) is 2.94. The van der Waals surface area contributed by atoms with Crippen LogP contribution in [0.2, 0.25) is 0 Å². The van der Waals surface area contributed by atoms with Crippen LogP contribution in [0.25, 0.3) is 0 Å². The minimum atomic E-state index is -0.828. The minimum absolute atomic E-state index is 0.0612. The predicted molar refractivity (Wildman–Crippen MR) is 108 cm³/mol. The van der Waals surface area contributed by atoms with Gasteiger partial charge in [-0.1, -0.05) is 19.1 Å². The maximum Gasteiger partial charge on any atom is 0.337 e. The summed E-state index contributed by atoms with van der Waals surface area (Å²) < 4.78 is 4.59. The molecule has 150 valence electrons. The van der Waals surface area contributed by atoms with Crippen LogP contribution < -0.4 is 17.1 Å². The summed E-state index contributed by atoms with van der Waals surface area (Å²) in [6, 6.07) is 1.76. The lowest BCUT2D eigenvalue weighted by Crippen LogP contribution is -2.55. The Bertz CT molecular complexity index is 1050. The van der Waals surface area contributed by atoms with Crippen molar-refractivity contribution in [2.24, 2.45) is 0 Å². The van der Waals surface area contributed by atoms with Gasteiger partial charge in [0.2, 0.25) is 0 Å². The molecule has 0 aromatic carbocycles. The standard InChI is InChI=1S/C20H26N4O4/c1-6-9-21-14(4)12-16(15(21)5)17(25)13-24-19(27)22(10-7-2)18(26)23(11-8-3)20(24)28/h7-8,12H,2-3,6,9-11,13H2,1,4-5H3. The fourth-order valence-corrected chi connectivity index (χ4v) is 3.27. The Morgan fingerprint density at radius 2 is 1.43 bits per heavy atom. The third kappa shape index (κ3) is 3.76. The summed E-state index contributed by atoms with van der Waals surface area (Å²) in [5, 5.41) is 0. The van der Waals surface area contributed by atoms with Crippen molar-refractivity contribution in [3.8, 4) is 0 Å². The lowest BCUT2D eigenvalue weighted by atomic mass is 10.1. The summed E-state index contributed by atoms with van der Waals surface area (Å²) in [7, 11) is 0. The van der Waals surface area contributed by atoms with Gasteiger partial charge >= 0.3 is 17.1 Å². The Balaban J connectivity index is 2.59. The molecule has 2 heterocycles. The Kier molecular flexibility index (Phi) is 6.56. The molecule has 0 radical (unpaired) electrons. The monoisotopic (exact) mass is 386 g/mol. The smallest absolute Gasteiger partial charge is 0.337 e. The molecular weight excluding hydrogens is 360 g/mol. The van der Waals surface area contributed by atoms with E-state index < -0.39 is 23.6 Å². The van der Waals surface area contributed by atoms with E-state index >= 15 is 0 Å². The normalized spacial score (nSPS) is 10.8. The van der Waals surface area contributed by atoms with E-state index in [1.807, 2.05) is 25.3 Å². The zero-order valence-electron chi connectivity index (χ0n) is 16.6. The summed E-state index contributed by atoms with van der Waals surface area (Å²) >= 11 is 0. The fourth-order valence-electron chi connectivity index (χ4n) is 3.27. The molecular formula is C20H26N4O4. The van der Waals surface area contributed by atoms with Crippen molar-refractivity contribution in [1.29, 1.82) is 0 Å². The van der Waals surface area contributed by atoms with Crippen LogP contribution in [-0.2, 0) is 26.2 Å². The number of allylic oxidation sites excluding steroid dienone is 2. The molecule has 0 atom stereocenters. The van der Waals surface area contributed by atoms with Crippen LogP contribution in [0.3, 0.4) is 0 Å². The van der Waals surface area contributed by atoms with Crippen LogP contribution in [0.5, 0.6) is 0 Å². The topological polar surface area (TPSA) is 88.0 Å². The second-order valence-corrected chi connectivity index (χ2v) is 6.59. The summed E-state index contributed by atoms with van der Waals surface area (Å²) in [6.07, 6.45) is 3.69. The number of carbonyl (C=O) groups excluding carboxylic acids is 1. The number of hydrogen-bond acceptors (Lipinski definition) is 4. The molecule has 0 amide bonds. The molecule has 0 fully saturated rings. The van der Waals surface area contributed by atoms with Crippen molar-refractivity contribution in [3.05, 3.63) is 79.8 Å². The molecule has 0 saturated carbocycles. The Labute approximate surface area is 162 Å². The van der Waals surface area contributed by atoms with Crippen LogP contribution >= 0.6 is 0 Å². The molecule has 0 N–H and O–H groups in total. The van der Waals surface area contributed by atoms with Crippen LogP contribution in [0.4, 0.5) is 0 Å². The average molecular weight is 386 g/mol. The van der Waals surface area contributed by atoms with E-state index in [0.29, 0.717) is 5.56 Å². The van der Waals surface area contributed by atoms with Gasteiger partial charge in [-0.25, -0.2) is 28.1 Å². The second-order valence-electron chi connectivity index (χ2n) is 6.59. The molecule has 2 aromatic heterocycles. The van der Waals surface area contributed by atoms with Crippen molar-refractivity contribution in [2.45, 2.75) is 53.4 Å². The zero-order chi connectivity index (χ0) is 21.0. The van der Waals surface area contributed by atoms with Gasteiger partial charge in [-0.3, -0.25) is 4.79 Å². The highest BCUT2D eigenvalue weighted by atomic mass is 16.2. The summed E-state index contributed by atoms with van der Waals surface area (Å²) in [5.74, 6) is -0.358. The van der Waals surface area contributed by atoms with Gasteiger partial charge in [0, 0.05) is 23.5 Å². The minimum Gasteiger partial charge on any atom is -0.348 e. The first kappa shape index (κ1) is 21.1. The molecule has 0 aliphatic carbocycles. The largest absolute Gasteiger partial charge is 0.348 e. The van der Waals surface area contributed by atoms with Gasteiger partial charge in [0.15, 0.2) is 5.78 Å². The van der Waals surface area contributed by atoms with E-state index in [2.05, 4.69) is 13.2 Å². The van der Waals surface area contributed by atoms with E-state index in [1.165, 1.54) is 12.2 Å². The molecule has 2 aromatic rings. The highest BCUT2D eigenvalue weighted by Gasteiger charge is 2.20. The number of hydrogen-bond donors (Lipinski definition) is 0. The Hall–Kier alpha value is -3.16. The number of nitrogens with zero attached hydrogens (tertiary/aromatic N) is 4. The zero-order valence-corrected chi connectivity index (χ0v) is 16.6. The fraction of sp³-hybridized carbons (Fsp3) is 0.400. The van der Waals surface area contributed by atoms with Crippen LogP contribution in [-0.4, -0.2) is 24.1 Å². The number of carbonyl (C=O) groups is 1. The molecule has 8 heteroatoms. The number of Topliss-reactive ketones (excluding diaryl/α,β-unsaturated/α-hetero) is 1. The first-order chi connectivity index (χ1) is 13.3. The maximum absolute atomic E-state index is 12.9. The lowest BCUT2D eigenvalue weighted by Gasteiger charge is -2.12. The molecule has 28 heavy (non-hydrogen) atoms. The Morgan fingerprint density at radius 3 is 1.89 bits per heavy atom. The summed E-state index contributed by atoms with van der Waals surface area (Å²) in [6.45, 7) is 13.1. The third-order valence-electron chi connectivity index (χ3n) is 4.63. The van der Waals surface area contributed by atoms with Gasteiger partial charge in [-0.2, -0.15) is 0 Å². The van der Waals surface area contributed by atoms with Gasteiger partial charge in [-0.15, -0.1) is 13.2 Å². The van der Waals surface area contributed by atoms with Gasteiger partial charge in [-0.05, 0) is 26.3 Å². The van der Waals surface area contributed by atoms with Crippen molar-refractivity contribution in [3.63, 3.8) is 0 Å². The third-order valence-corrected chi connectivity index (χ3v) is 4.63. The first-order valence-electron chi connectivity index (χ1n) is 9.14. The van der Waals surface area contributed by atoms with E-state index in [9.17, 15) is 19.2 Å². The van der Waals surface area contributed by atoms with Gasteiger partial charge in [0.25, 0.3) is 0 Å². The highest BCUT2D eigenvalue weighted by Crippen LogP contribution is 2.16. The predicted octanol–water partition coefficient (Wildman–Crippen LogP) is 1.25. The van der Waals surface area contributed by atoms with Gasteiger partial charge in [0.1, 0.15) is 0 Å². The molecule has 8 nitrogen and oxygen atoms in total. The molecule has 2 rings (SSSR count). The van der Waals surface area contributed by atoms with Crippen LogP contribution in [0, 0.1) is 13.8 Å². The molecule has 0 saturated heterocycles. The van der Waals surface area contributed by atoms with Crippen molar-refractivity contribution >= 4 is 5.78 Å². The van der Waals surface area contributed by atoms with E-state index in [0.717, 1.165) is 38.1 Å². The van der Waals surface area contributed by atoms with Crippen LogP contribution in [0.15, 0.2) is 45.8 Å². The summed E-state index contributed by atoms with van der Waals surface area (Å²) in [4.78, 5) is 50.6. The van der Waals surface area contributed by atoms with Crippen molar-refractivity contribution < 1.29 is 4.79 Å². The van der Waals surface area contributed by atoms with E-state index in [-0.39, 0.29) is 18.9 Å². The number of aromatic nitrogens is 4. The van der Waals surface area contributed by atoms with Gasteiger partial charge in [0.05, 0.1) is 19.6 Å². The number of rotatable bonds is 9. The number of ketones is 1. The summed E-state index contributed by atoms with van der Waals surface area (Å²) in [5.41, 5.74) is -0.204. The molecule has 0 unspecified atom stereocenters.